The van der Waals surface area contributed by atoms with E-state index in [-0.39, 0.29) is 41.6 Å². The van der Waals surface area contributed by atoms with Gasteiger partial charge in [-0.15, -0.1) is 0 Å². The van der Waals surface area contributed by atoms with E-state index in [0.29, 0.717) is 5.56 Å². The lowest BCUT2D eigenvalue weighted by Gasteiger charge is -2.42. The van der Waals surface area contributed by atoms with Crippen LogP contribution in [0.25, 0.3) is 0 Å². The number of carbonyl (C=O) groups excluding carboxylic acids is 1. The third kappa shape index (κ3) is 6.86. The van der Waals surface area contributed by atoms with Crippen molar-refractivity contribution >= 4 is 5.97 Å². The maximum atomic E-state index is 12.5. The molecule has 4 rings (SSSR count). The molecule has 0 aromatic heterocycles. The van der Waals surface area contributed by atoms with Crippen molar-refractivity contribution in [3.05, 3.63) is 47.5 Å². The number of benzene rings is 2. The quantitative estimate of drug-likeness (QED) is 0.109. The van der Waals surface area contributed by atoms with E-state index in [9.17, 15) is 45.6 Å². The summed E-state index contributed by atoms with van der Waals surface area (Å²) in [6.07, 6.45) is -10.5. The van der Waals surface area contributed by atoms with Gasteiger partial charge in [0.15, 0.2) is 41.2 Å². The Morgan fingerprint density at radius 3 is 2.43 bits per heavy atom. The summed E-state index contributed by atoms with van der Waals surface area (Å²) in [6, 6.07) is 7.92. The van der Waals surface area contributed by atoms with Gasteiger partial charge in [-0.3, -0.25) is 0 Å². The maximum absolute atomic E-state index is 12.5. The van der Waals surface area contributed by atoms with Gasteiger partial charge in [-0.1, -0.05) is 6.07 Å². The molecular formula is C27H34O15. The SMILES string of the molecule is COc1cc(C(=O)OC[C@@]2(O)CO[C@@H](O[C@H]3[C@H](OCCc4ccc(O)c(O)c4)O[C@H](CO)[C@@H](O)[C@@H]3O)[C@@H]2O)ccc1O. The Balaban J connectivity index is 1.39. The number of hydrogen-bond donors (Lipinski definition) is 8. The number of aliphatic hydroxyl groups excluding tert-OH is 4. The van der Waals surface area contributed by atoms with E-state index < -0.39 is 74.5 Å². The monoisotopic (exact) mass is 598 g/mol. The molecule has 0 bridgehead atoms. The zero-order chi connectivity index (χ0) is 30.6. The third-order valence-corrected chi connectivity index (χ3v) is 7.00. The second kappa shape index (κ2) is 13.4. The van der Waals surface area contributed by atoms with Gasteiger partial charge >= 0.3 is 5.97 Å². The molecule has 232 valence electrons. The first-order valence-electron chi connectivity index (χ1n) is 12.9. The molecule has 2 fully saturated rings. The Morgan fingerprint density at radius 1 is 1.00 bits per heavy atom. The van der Waals surface area contributed by atoms with Gasteiger partial charge < -0.3 is 69.3 Å². The largest absolute Gasteiger partial charge is 0.504 e. The summed E-state index contributed by atoms with van der Waals surface area (Å²) < 4.78 is 32.4. The van der Waals surface area contributed by atoms with Gasteiger partial charge in [0.1, 0.15) is 37.1 Å². The lowest BCUT2D eigenvalue weighted by molar-refractivity contribution is -0.335. The van der Waals surface area contributed by atoms with Crippen LogP contribution in [0.5, 0.6) is 23.0 Å². The van der Waals surface area contributed by atoms with Crippen LogP contribution in [-0.2, 0) is 30.1 Å². The van der Waals surface area contributed by atoms with Crippen molar-refractivity contribution in [3.63, 3.8) is 0 Å². The molecule has 8 atom stereocenters. The number of esters is 1. The zero-order valence-corrected chi connectivity index (χ0v) is 22.5. The lowest BCUT2D eigenvalue weighted by Crippen LogP contribution is -2.61. The summed E-state index contributed by atoms with van der Waals surface area (Å²) >= 11 is 0. The molecule has 0 unspecified atom stereocenters. The number of carbonyl (C=O) groups is 1. The smallest absolute Gasteiger partial charge is 0.338 e. The molecule has 2 aromatic rings. The van der Waals surface area contributed by atoms with Gasteiger partial charge in [-0.25, -0.2) is 4.79 Å². The van der Waals surface area contributed by atoms with Gasteiger partial charge in [0.2, 0.25) is 0 Å². The molecule has 0 spiro atoms. The Kier molecular flexibility index (Phi) is 10.1. The Hall–Kier alpha value is -3.25. The fourth-order valence-corrected chi connectivity index (χ4v) is 4.48. The first-order valence-corrected chi connectivity index (χ1v) is 12.9. The highest BCUT2D eigenvalue weighted by molar-refractivity contribution is 5.90. The Labute approximate surface area is 239 Å². The van der Waals surface area contributed by atoms with Crippen LogP contribution in [0.1, 0.15) is 15.9 Å². The highest BCUT2D eigenvalue weighted by Gasteiger charge is 2.54. The molecule has 0 saturated carbocycles. The van der Waals surface area contributed by atoms with E-state index in [1.54, 1.807) is 6.07 Å². The molecule has 15 heteroatoms. The van der Waals surface area contributed by atoms with Crippen LogP contribution in [-0.4, -0.2) is 129 Å². The number of phenolic OH excluding ortho intramolecular Hbond substituents is 3. The summed E-state index contributed by atoms with van der Waals surface area (Å²) in [5.41, 5.74) is -1.52. The normalized spacial score (nSPS) is 31.1. The Morgan fingerprint density at radius 2 is 1.74 bits per heavy atom. The van der Waals surface area contributed by atoms with Crippen molar-refractivity contribution in [2.45, 2.75) is 55.1 Å². The molecule has 0 radical (unpaired) electrons. The number of phenols is 3. The molecule has 2 aliphatic heterocycles. The molecule has 2 saturated heterocycles. The summed E-state index contributed by atoms with van der Waals surface area (Å²) in [6.45, 7) is -1.95. The molecule has 0 aliphatic carbocycles. The van der Waals surface area contributed by atoms with Crippen LogP contribution in [0.4, 0.5) is 0 Å². The van der Waals surface area contributed by atoms with E-state index in [0.717, 1.165) is 0 Å². The minimum absolute atomic E-state index is 0.00636. The van der Waals surface area contributed by atoms with Crippen molar-refractivity contribution in [3.8, 4) is 23.0 Å². The average molecular weight is 599 g/mol. The number of rotatable bonds is 11. The number of hydrogen-bond acceptors (Lipinski definition) is 15. The van der Waals surface area contributed by atoms with Crippen molar-refractivity contribution in [1.82, 2.24) is 0 Å². The summed E-state index contributed by atoms with van der Waals surface area (Å²) in [7, 11) is 1.30. The highest BCUT2D eigenvalue weighted by atomic mass is 16.8. The lowest BCUT2D eigenvalue weighted by atomic mass is 9.98. The molecule has 2 aromatic carbocycles. The van der Waals surface area contributed by atoms with Crippen LogP contribution in [0, 0.1) is 0 Å². The number of ether oxygens (including phenoxy) is 6. The van der Waals surface area contributed by atoms with E-state index in [1.165, 1.54) is 37.4 Å². The predicted octanol–water partition coefficient (Wildman–Crippen LogP) is -1.50. The second-order valence-corrected chi connectivity index (χ2v) is 9.94. The molecule has 8 N–H and O–H groups in total. The molecule has 42 heavy (non-hydrogen) atoms. The second-order valence-electron chi connectivity index (χ2n) is 9.94. The van der Waals surface area contributed by atoms with E-state index in [2.05, 4.69) is 0 Å². The summed E-state index contributed by atoms with van der Waals surface area (Å²) in [5.74, 6) is -1.67. The van der Waals surface area contributed by atoms with E-state index in [1.807, 2.05) is 0 Å². The Bertz CT molecular complexity index is 1220. The topological polar surface area (TPSA) is 234 Å². The first-order chi connectivity index (χ1) is 20.0. The number of aliphatic hydroxyl groups is 5. The van der Waals surface area contributed by atoms with Gasteiger partial charge in [-0.2, -0.15) is 0 Å². The molecular weight excluding hydrogens is 564 g/mol. The van der Waals surface area contributed by atoms with Crippen molar-refractivity contribution < 1.29 is 74.1 Å². The number of methoxy groups -OCH3 is 1. The van der Waals surface area contributed by atoms with Crippen LogP contribution in [0.2, 0.25) is 0 Å². The van der Waals surface area contributed by atoms with Crippen molar-refractivity contribution in [1.29, 1.82) is 0 Å². The van der Waals surface area contributed by atoms with Gasteiger partial charge in [-0.05, 0) is 42.3 Å². The van der Waals surface area contributed by atoms with Crippen LogP contribution < -0.4 is 4.74 Å². The van der Waals surface area contributed by atoms with Crippen molar-refractivity contribution in [2.75, 3.05) is 33.5 Å². The maximum Gasteiger partial charge on any atom is 0.338 e. The molecule has 2 aliphatic rings. The minimum atomic E-state index is -2.12. The summed E-state index contributed by atoms with van der Waals surface area (Å²) in [4.78, 5) is 12.5. The van der Waals surface area contributed by atoms with Crippen molar-refractivity contribution in [2.24, 2.45) is 0 Å². The summed E-state index contributed by atoms with van der Waals surface area (Å²) in [5, 5.41) is 81.3. The van der Waals surface area contributed by atoms with Crippen LogP contribution >= 0.6 is 0 Å². The zero-order valence-electron chi connectivity index (χ0n) is 22.5. The van der Waals surface area contributed by atoms with Gasteiger partial charge in [0.05, 0.1) is 32.5 Å². The van der Waals surface area contributed by atoms with Gasteiger partial charge in [0, 0.05) is 0 Å². The highest BCUT2D eigenvalue weighted by Crippen LogP contribution is 2.33. The predicted molar refractivity (Wildman–Crippen MR) is 138 cm³/mol. The van der Waals surface area contributed by atoms with E-state index in [4.69, 9.17) is 28.4 Å². The van der Waals surface area contributed by atoms with Crippen LogP contribution in [0.15, 0.2) is 36.4 Å². The first kappa shape index (κ1) is 31.7. The molecule has 0 amide bonds. The van der Waals surface area contributed by atoms with E-state index >= 15 is 0 Å². The number of aromatic hydroxyl groups is 3. The standard InChI is InChI=1S/C27H34O15/c1-37-18-9-14(3-5-16(18)30)24(35)39-11-27(36)12-40-26(23(27)34)42-22-21(33)20(32)19(10-28)41-25(22)38-7-6-13-2-4-15(29)17(31)8-13/h2-5,8-9,19-23,25-26,28-34,36H,6-7,10-12H2,1H3/t19-,20-,21+,22-,23+,25-,26+,27-/m1/s1. The van der Waals surface area contributed by atoms with Gasteiger partial charge in [0.25, 0.3) is 0 Å². The average Bonchev–Trinajstić information content (AvgIpc) is 3.26. The molecule has 15 nitrogen and oxygen atoms in total. The third-order valence-electron chi connectivity index (χ3n) is 7.00. The fraction of sp³-hybridized carbons (Fsp3) is 0.519. The van der Waals surface area contributed by atoms with Crippen LogP contribution in [0.3, 0.4) is 0 Å². The fourth-order valence-electron chi connectivity index (χ4n) is 4.48. The minimum Gasteiger partial charge on any atom is -0.504 e. The molecule has 2 heterocycles.